The molecule has 2 rings (SSSR count). The van der Waals surface area contributed by atoms with E-state index < -0.39 is 18.3 Å². The van der Waals surface area contributed by atoms with Gasteiger partial charge in [0.1, 0.15) is 0 Å². The minimum atomic E-state index is -0.444. The molecule has 0 aromatic rings. The Morgan fingerprint density at radius 3 is 2.18 bits per heavy atom. The van der Waals surface area contributed by atoms with Gasteiger partial charge in [-0.25, -0.2) is 4.79 Å². The van der Waals surface area contributed by atoms with Crippen molar-refractivity contribution in [2.24, 2.45) is 5.41 Å². The Hall–Kier alpha value is -0.805. The normalized spacial score (nSPS) is 26.2. The second-order valence-electron chi connectivity index (χ2n) is 8.15. The topological polar surface area (TPSA) is 44.8 Å². The highest BCUT2D eigenvalue weighted by molar-refractivity contribution is 6.55. The van der Waals surface area contributed by atoms with Gasteiger partial charge in [0.05, 0.1) is 17.8 Å². The van der Waals surface area contributed by atoms with Gasteiger partial charge in [0.15, 0.2) is 0 Å². The first-order valence-electron chi connectivity index (χ1n) is 8.24. The SMILES string of the molecule is CCOC(=O)C1=C(B2OC(C)(C)C(C)(C)O2)CCC(C)(C)C1. The van der Waals surface area contributed by atoms with Crippen molar-refractivity contribution in [1.29, 1.82) is 0 Å². The molecule has 0 N–H and O–H groups in total. The molecule has 1 saturated heterocycles. The van der Waals surface area contributed by atoms with Gasteiger partial charge in [-0.15, -0.1) is 0 Å². The Morgan fingerprint density at radius 2 is 1.68 bits per heavy atom. The molecular formula is C17H29BO4. The summed E-state index contributed by atoms with van der Waals surface area (Å²) in [6, 6.07) is 0. The van der Waals surface area contributed by atoms with Gasteiger partial charge in [0.25, 0.3) is 0 Å². The summed E-state index contributed by atoms with van der Waals surface area (Å²) in [5.74, 6) is -0.222. The van der Waals surface area contributed by atoms with Gasteiger partial charge in [0, 0.05) is 5.57 Å². The Morgan fingerprint density at radius 1 is 1.14 bits per heavy atom. The number of carbonyl (C=O) groups is 1. The number of esters is 1. The smallest absolute Gasteiger partial charge is 0.463 e. The molecule has 0 saturated carbocycles. The van der Waals surface area contributed by atoms with E-state index in [4.69, 9.17) is 14.0 Å². The zero-order chi connectivity index (χ0) is 16.8. The van der Waals surface area contributed by atoms with Crippen molar-refractivity contribution in [3.63, 3.8) is 0 Å². The number of hydrogen-bond acceptors (Lipinski definition) is 4. The van der Waals surface area contributed by atoms with Gasteiger partial charge in [-0.2, -0.15) is 0 Å². The zero-order valence-corrected chi connectivity index (χ0v) is 15.0. The number of hydrogen-bond donors (Lipinski definition) is 0. The van der Waals surface area contributed by atoms with E-state index in [1.807, 2.05) is 34.6 Å². The van der Waals surface area contributed by atoms with Crippen LogP contribution in [-0.4, -0.2) is 30.9 Å². The summed E-state index contributed by atoms with van der Waals surface area (Å²) in [5, 5.41) is 0. The van der Waals surface area contributed by atoms with Crippen LogP contribution < -0.4 is 0 Å². The van der Waals surface area contributed by atoms with Crippen LogP contribution in [0.5, 0.6) is 0 Å². The first-order chi connectivity index (χ1) is 9.99. The van der Waals surface area contributed by atoms with Gasteiger partial charge >= 0.3 is 13.1 Å². The molecule has 22 heavy (non-hydrogen) atoms. The van der Waals surface area contributed by atoms with E-state index in [-0.39, 0.29) is 11.4 Å². The lowest BCUT2D eigenvalue weighted by Crippen LogP contribution is -2.41. The third kappa shape index (κ3) is 3.25. The van der Waals surface area contributed by atoms with Crippen LogP contribution in [0.2, 0.25) is 0 Å². The van der Waals surface area contributed by atoms with Crippen molar-refractivity contribution in [3.8, 4) is 0 Å². The van der Waals surface area contributed by atoms with E-state index in [0.717, 1.165) is 23.9 Å². The monoisotopic (exact) mass is 308 g/mol. The number of rotatable bonds is 3. The average Bonchev–Trinajstić information content (AvgIpc) is 2.57. The maximum absolute atomic E-state index is 12.4. The summed E-state index contributed by atoms with van der Waals surface area (Å²) in [6.45, 7) is 14.7. The Bertz CT molecular complexity index is 475. The molecule has 4 nitrogen and oxygen atoms in total. The van der Waals surface area contributed by atoms with E-state index in [1.54, 1.807) is 0 Å². The summed E-state index contributed by atoms with van der Waals surface area (Å²) < 4.78 is 17.5. The molecule has 0 aromatic heterocycles. The van der Waals surface area contributed by atoms with Crippen molar-refractivity contribution >= 4 is 13.1 Å². The molecule has 0 aromatic carbocycles. The zero-order valence-electron chi connectivity index (χ0n) is 15.0. The van der Waals surface area contributed by atoms with Crippen LogP contribution in [0.15, 0.2) is 11.0 Å². The fourth-order valence-corrected chi connectivity index (χ4v) is 2.97. The van der Waals surface area contributed by atoms with Crippen LogP contribution in [0.1, 0.15) is 67.7 Å². The molecule has 0 atom stereocenters. The Kier molecular flexibility index (Phi) is 4.53. The van der Waals surface area contributed by atoms with Crippen LogP contribution in [0.3, 0.4) is 0 Å². The highest BCUT2D eigenvalue weighted by Crippen LogP contribution is 2.45. The van der Waals surface area contributed by atoms with E-state index >= 15 is 0 Å². The van der Waals surface area contributed by atoms with Crippen LogP contribution in [0, 0.1) is 5.41 Å². The molecular weight excluding hydrogens is 279 g/mol. The molecule has 124 valence electrons. The van der Waals surface area contributed by atoms with Gasteiger partial charge in [-0.3, -0.25) is 0 Å². The average molecular weight is 308 g/mol. The van der Waals surface area contributed by atoms with E-state index in [1.165, 1.54) is 0 Å². The van der Waals surface area contributed by atoms with Crippen molar-refractivity contribution < 1.29 is 18.8 Å². The molecule has 0 spiro atoms. The molecule has 0 bridgehead atoms. The molecule has 1 aliphatic carbocycles. The number of carbonyl (C=O) groups excluding carboxylic acids is 1. The summed E-state index contributed by atoms with van der Waals surface area (Å²) >= 11 is 0. The quantitative estimate of drug-likeness (QED) is 0.589. The largest absolute Gasteiger partial charge is 0.491 e. The van der Waals surface area contributed by atoms with E-state index in [0.29, 0.717) is 13.0 Å². The highest BCUT2D eigenvalue weighted by atomic mass is 16.7. The minimum absolute atomic E-state index is 0.106. The molecule has 1 aliphatic heterocycles. The number of allylic oxidation sites excluding steroid dienone is 1. The van der Waals surface area contributed by atoms with Crippen molar-refractivity contribution in [1.82, 2.24) is 0 Å². The number of ether oxygens (including phenoxy) is 1. The molecule has 0 amide bonds. The van der Waals surface area contributed by atoms with Crippen LogP contribution in [-0.2, 0) is 18.8 Å². The summed E-state index contributed by atoms with van der Waals surface area (Å²) in [6.07, 6.45) is 2.55. The van der Waals surface area contributed by atoms with Crippen LogP contribution in [0.25, 0.3) is 0 Å². The third-order valence-corrected chi connectivity index (χ3v) is 5.17. The fraction of sp³-hybridized carbons (Fsp3) is 0.824. The summed E-state index contributed by atoms with van der Waals surface area (Å²) in [4.78, 5) is 12.4. The standard InChI is InChI=1S/C17H29BO4/c1-8-20-14(19)12-11-15(2,3)10-9-13(12)18-21-16(4,5)17(6,7)22-18/h8-11H2,1-7H3. The summed E-state index contributed by atoms with van der Waals surface area (Å²) in [5.41, 5.74) is 1.04. The predicted octanol–water partition coefficient (Wildman–Crippen LogP) is 3.69. The van der Waals surface area contributed by atoms with E-state index in [9.17, 15) is 4.79 Å². The second kappa shape index (κ2) is 5.68. The van der Waals surface area contributed by atoms with Gasteiger partial charge < -0.3 is 14.0 Å². The molecule has 1 fully saturated rings. The van der Waals surface area contributed by atoms with Crippen LogP contribution >= 0.6 is 0 Å². The van der Waals surface area contributed by atoms with Crippen molar-refractivity contribution in [3.05, 3.63) is 11.0 Å². The maximum atomic E-state index is 12.4. The Balaban J connectivity index is 2.35. The molecule has 1 heterocycles. The van der Waals surface area contributed by atoms with Crippen LogP contribution in [0.4, 0.5) is 0 Å². The molecule has 2 aliphatic rings. The van der Waals surface area contributed by atoms with E-state index in [2.05, 4.69) is 13.8 Å². The molecule has 0 radical (unpaired) electrons. The van der Waals surface area contributed by atoms with Crippen molar-refractivity contribution in [2.45, 2.75) is 78.9 Å². The lowest BCUT2D eigenvalue weighted by atomic mass is 9.63. The maximum Gasteiger partial charge on any atom is 0.491 e. The fourth-order valence-electron chi connectivity index (χ4n) is 2.97. The third-order valence-electron chi connectivity index (χ3n) is 5.17. The molecule has 0 unspecified atom stereocenters. The second-order valence-corrected chi connectivity index (χ2v) is 8.15. The first kappa shape index (κ1) is 17.5. The highest BCUT2D eigenvalue weighted by Gasteiger charge is 2.53. The first-order valence-corrected chi connectivity index (χ1v) is 8.24. The van der Waals surface area contributed by atoms with Gasteiger partial charge in [-0.05, 0) is 64.8 Å². The summed E-state index contributed by atoms with van der Waals surface area (Å²) in [7, 11) is -0.444. The molecule has 5 heteroatoms. The lowest BCUT2D eigenvalue weighted by molar-refractivity contribution is -0.139. The van der Waals surface area contributed by atoms with Crippen molar-refractivity contribution in [2.75, 3.05) is 6.61 Å². The predicted molar refractivity (Wildman–Crippen MR) is 87.4 cm³/mol. The lowest BCUT2D eigenvalue weighted by Gasteiger charge is -2.33. The Labute approximate surface area is 134 Å². The van der Waals surface area contributed by atoms with Gasteiger partial charge in [0.2, 0.25) is 0 Å². The minimum Gasteiger partial charge on any atom is -0.463 e. The van der Waals surface area contributed by atoms with Gasteiger partial charge in [-0.1, -0.05) is 13.8 Å².